The molecule has 0 saturated carbocycles. The van der Waals surface area contributed by atoms with Gasteiger partial charge in [0.25, 0.3) is 0 Å². The van der Waals surface area contributed by atoms with Crippen molar-refractivity contribution in [3.05, 3.63) is 29.6 Å². The SMILES string of the molecule is COC(=O)[C@H](C)Oc1ccc(C=N)c(F)c1. The zero-order valence-electron chi connectivity index (χ0n) is 8.99. The highest BCUT2D eigenvalue weighted by Gasteiger charge is 2.15. The maximum Gasteiger partial charge on any atom is 0.346 e. The molecule has 0 aliphatic carbocycles. The molecule has 5 heteroatoms. The minimum absolute atomic E-state index is 0.165. The van der Waals surface area contributed by atoms with E-state index in [2.05, 4.69) is 4.74 Å². The van der Waals surface area contributed by atoms with E-state index in [1.54, 1.807) is 0 Å². The molecule has 0 unspecified atom stereocenters. The Morgan fingerprint density at radius 2 is 2.25 bits per heavy atom. The van der Waals surface area contributed by atoms with Crippen LogP contribution in [0.2, 0.25) is 0 Å². The second kappa shape index (κ2) is 5.25. The molecule has 86 valence electrons. The molecule has 1 rings (SSSR count). The Morgan fingerprint density at radius 1 is 1.56 bits per heavy atom. The van der Waals surface area contributed by atoms with Crippen LogP contribution < -0.4 is 4.74 Å². The molecule has 0 bridgehead atoms. The van der Waals surface area contributed by atoms with Gasteiger partial charge in [0.2, 0.25) is 0 Å². The monoisotopic (exact) mass is 225 g/mol. The summed E-state index contributed by atoms with van der Waals surface area (Å²) in [4.78, 5) is 11.0. The van der Waals surface area contributed by atoms with Gasteiger partial charge in [0.15, 0.2) is 6.10 Å². The van der Waals surface area contributed by atoms with Gasteiger partial charge in [0.1, 0.15) is 11.6 Å². The second-order valence-electron chi connectivity index (χ2n) is 3.11. The lowest BCUT2D eigenvalue weighted by Crippen LogP contribution is -2.24. The quantitative estimate of drug-likeness (QED) is 0.627. The van der Waals surface area contributed by atoms with E-state index in [-0.39, 0.29) is 11.3 Å². The van der Waals surface area contributed by atoms with E-state index in [4.69, 9.17) is 10.1 Å². The fourth-order valence-electron chi connectivity index (χ4n) is 1.12. The van der Waals surface area contributed by atoms with E-state index < -0.39 is 17.9 Å². The van der Waals surface area contributed by atoms with Gasteiger partial charge >= 0.3 is 5.97 Å². The average molecular weight is 225 g/mol. The summed E-state index contributed by atoms with van der Waals surface area (Å²) in [7, 11) is 1.25. The van der Waals surface area contributed by atoms with E-state index in [0.29, 0.717) is 0 Å². The lowest BCUT2D eigenvalue weighted by atomic mass is 10.2. The maximum absolute atomic E-state index is 13.2. The van der Waals surface area contributed by atoms with Crippen LogP contribution in [0.25, 0.3) is 0 Å². The van der Waals surface area contributed by atoms with Crippen LogP contribution in [0.4, 0.5) is 4.39 Å². The molecule has 0 aliphatic heterocycles. The third kappa shape index (κ3) is 2.79. The van der Waals surface area contributed by atoms with Crippen molar-refractivity contribution in [3.63, 3.8) is 0 Å². The molecule has 0 amide bonds. The van der Waals surface area contributed by atoms with E-state index in [9.17, 15) is 9.18 Å². The predicted octanol–water partition coefficient (Wildman–Crippen LogP) is 1.76. The van der Waals surface area contributed by atoms with Gasteiger partial charge in [-0.05, 0) is 19.1 Å². The molecule has 4 nitrogen and oxygen atoms in total. The van der Waals surface area contributed by atoms with Crippen molar-refractivity contribution in [3.8, 4) is 5.75 Å². The Bertz CT molecular complexity index is 406. The summed E-state index contributed by atoms with van der Waals surface area (Å²) < 4.78 is 22.9. The average Bonchev–Trinajstić information content (AvgIpc) is 2.28. The van der Waals surface area contributed by atoms with E-state index in [1.807, 2.05) is 0 Å². The van der Waals surface area contributed by atoms with Crippen molar-refractivity contribution in [2.24, 2.45) is 0 Å². The maximum atomic E-state index is 13.2. The number of benzene rings is 1. The molecule has 16 heavy (non-hydrogen) atoms. The highest BCUT2D eigenvalue weighted by Crippen LogP contribution is 2.17. The number of carbonyl (C=O) groups is 1. The van der Waals surface area contributed by atoms with Crippen LogP contribution in [0.15, 0.2) is 18.2 Å². The molecule has 0 aromatic heterocycles. The number of halogens is 1. The molecule has 0 spiro atoms. The minimum Gasteiger partial charge on any atom is -0.479 e. The smallest absolute Gasteiger partial charge is 0.346 e. The van der Waals surface area contributed by atoms with Gasteiger partial charge in [-0.15, -0.1) is 0 Å². The summed E-state index contributed by atoms with van der Waals surface area (Å²) >= 11 is 0. The van der Waals surface area contributed by atoms with Gasteiger partial charge in [-0.3, -0.25) is 0 Å². The van der Waals surface area contributed by atoms with Crippen molar-refractivity contribution in [2.45, 2.75) is 13.0 Å². The number of carbonyl (C=O) groups excluding carboxylic acids is 1. The van der Waals surface area contributed by atoms with Crippen LogP contribution in [0.5, 0.6) is 5.75 Å². The van der Waals surface area contributed by atoms with E-state index >= 15 is 0 Å². The third-order valence-corrected chi connectivity index (χ3v) is 1.97. The molecular weight excluding hydrogens is 213 g/mol. The number of esters is 1. The Kier molecular flexibility index (Phi) is 3.99. The van der Waals surface area contributed by atoms with Gasteiger partial charge in [-0.2, -0.15) is 0 Å². The number of methoxy groups -OCH3 is 1. The van der Waals surface area contributed by atoms with Crippen molar-refractivity contribution in [1.82, 2.24) is 0 Å². The Morgan fingerprint density at radius 3 is 2.75 bits per heavy atom. The topological polar surface area (TPSA) is 59.4 Å². The van der Waals surface area contributed by atoms with E-state index in [1.165, 1.54) is 26.2 Å². The van der Waals surface area contributed by atoms with Gasteiger partial charge in [0, 0.05) is 17.8 Å². The number of hydrogen-bond acceptors (Lipinski definition) is 4. The molecule has 1 aromatic rings. The van der Waals surface area contributed by atoms with Crippen molar-refractivity contribution in [2.75, 3.05) is 7.11 Å². The highest BCUT2D eigenvalue weighted by atomic mass is 19.1. The molecule has 1 aromatic carbocycles. The Labute approximate surface area is 92.5 Å². The second-order valence-corrected chi connectivity index (χ2v) is 3.11. The lowest BCUT2D eigenvalue weighted by molar-refractivity contribution is -0.147. The van der Waals surface area contributed by atoms with Crippen LogP contribution in [0.1, 0.15) is 12.5 Å². The molecule has 1 N–H and O–H groups in total. The zero-order chi connectivity index (χ0) is 12.1. The summed E-state index contributed by atoms with van der Waals surface area (Å²) in [6.07, 6.45) is 0.110. The van der Waals surface area contributed by atoms with Crippen LogP contribution in [0.3, 0.4) is 0 Å². The van der Waals surface area contributed by atoms with Crippen molar-refractivity contribution in [1.29, 1.82) is 5.41 Å². The molecule has 0 fully saturated rings. The first-order chi connectivity index (χ1) is 7.58. The molecule has 0 aliphatic rings. The van der Waals surface area contributed by atoms with Crippen LogP contribution in [0, 0.1) is 11.2 Å². The molecule has 0 heterocycles. The van der Waals surface area contributed by atoms with Crippen LogP contribution in [-0.4, -0.2) is 25.4 Å². The van der Waals surface area contributed by atoms with E-state index in [0.717, 1.165) is 12.3 Å². The van der Waals surface area contributed by atoms with Crippen molar-refractivity contribution < 1.29 is 18.7 Å². The van der Waals surface area contributed by atoms with Crippen LogP contribution in [-0.2, 0) is 9.53 Å². The normalized spacial score (nSPS) is 11.7. The fraction of sp³-hybridized carbons (Fsp3) is 0.273. The molecule has 1 atom stereocenters. The first-order valence-corrected chi connectivity index (χ1v) is 4.63. The summed E-state index contributed by atoms with van der Waals surface area (Å²) in [5, 5.41) is 6.91. The summed E-state index contributed by atoms with van der Waals surface area (Å²) in [6.45, 7) is 1.51. The summed E-state index contributed by atoms with van der Waals surface area (Å²) in [5.41, 5.74) is 0.165. The number of ether oxygens (including phenoxy) is 2. The standard InChI is InChI=1S/C11H12FNO3/c1-7(11(14)15-2)16-9-4-3-8(6-13)10(12)5-9/h3-7,13H,1-2H3/t7-/m0/s1. The lowest BCUT2D eigenvalue weighted by Gasteiger charge is -2.12. The van der Waals surface area contributed by atoms with Crippen LogP contribution >= 0.6 is 0 Å². The predicted molar refractivity (Wildman–Crippen MR) is 56.4 cm³/mol. The first-order valence-electron chi connectivity index (χ1n) is 4.63. The first kappa shape index (κ1) is 12.2. The highest BCUT2D eigenvalue weighted by molar-refractivity contribution is 5.77. The molecule has 0 radical (unpaired) electrons. The van der Waals surface area contributed by atoms with Gasteiger partial charge < -0.3 is 14.9 Å². The number of hydrogen-bond donors (Lipinski definition) is 1. The Balaban J connectivity index is 2.79. The Hall–Kier alpha value is -1.91. The van der Waals surface area contributed by atoms with Gasteiger partial charge in [-0.1, -0.05) is 0 Å². The fourth-order valence-corrected chi connectivity index (χ4v) is 1.12. The van der Waals surface area contributed by atoms with Gasteiger partial charge in [-0.25, -0.2) is 9.18 Å². The van der Waals surface area contributed by atoms with Crippen molar-refractivity contribution >= 4 is 12.2 Å². The zero-order valence-corrected chi connectivity index (χ0v) is 8.99. The molecular formula is C11H12FNO3. The number of nitrogens with one attached hydrogen (secondary N) is 1. The third-order valence-electron chi connectivity index (χ3n) is 1.97. The largest absolute Gasteiger partial charge is 0.479 e. The summed E-state index contributed by atoms with van der Waals surface area (Å²) in [5.74, 6) is -0.873. The van der Waals surface area contributed by atoms with Gasteiger partial charge in [0.05, 0.1) is 7.11 Å². The number of rotatable bonds is 4. The minimum atomic E-state index is -0.796. The molecule has 0 saturated heterocycles. The summed E-state index contributed by atoms with van der Waals surface area (Å²) in [6, 6.07) is 4.02.